The lowest BCUT2D eigenvalue weighted by molar-refractivity contribution is -0.126. The molecule has 0 saturated carbocycles. The van der Waals surface area contributed by atoms with E-state index in [9.17, 15) is 14.4 Å². The van der Waals surface area contributed by atoms with E-state index < -0.39 is 11.9 Å². The van der Waals surface area contributed by atoms with E-state index in [1.54, 1.807) is 29.6 Å². The highest BCUT2D eigenvalue weighted by molar-refractivity contribution is 7.12. The molecule has 1 fully saturated rings. The lowest BCUT2D eigenvalue weighted by Gasteiger charge is -2.32. The second kappa shape index (κ2) is 11.6. The highest BCUT2D eigenvalue weighted by Gasteiger charge is 2.33. The van der Waals surface area contributed by atoms with Crippen molar-refractivity contribution >= 4 is 34.7 Å². The van der Waals surface area contributed by atoms with E-state index in [2.05, 4.69) is 10.6 Å². The summed E-state index contributed by atoms with van der Waals surface area (Å²) in [7, 11) is 0. The van der Waals surface area contributed by atoms with Gasteiger partial charge in [-0.3, -0.25) is 19.3 Å². The SMILES string of the molecule is O=C(NCC(=O)N(c1ccccc1)[C@H](C(=O)NC[C@@H]1CCCO1)c1ccccc1)c1cccs1. The molecule has 7 nitrogen and oxygen atoms in total. The smallest absolute Gasteiger partial charge is 0.261 e. The second-order valence-corrected chi connectivity index (χ2v) is 8.90. The van der Waals surface area contributed by atoms with Gasteiger partial charge in [0, 0.05) is 18.8 Å². The minimum Gasteiger partial charge on any atom is -0.376 e. The van der Waals surface area contributed by atoms with Crippen molar-refractivity contribution in [3.05, 3.63) is 88.6 Å². The van der Waals surface area contributed by atoms with Crippen molar-refractivity contribution < 1.29 is 19.1 Å². The van der Waals surface area contributed by atoms with E-state index in [4.69, 9.17) is 4.74 Å². The molecule has 0 unspecified atom stereocenters. The summed E-state index contributed by atoms with van der Waals surface area (Å²) in [6.07, 6.45) is 1.85. The minimum absolute atomic E-state index is 0.0219. The Bertz CT molecular complexity index is 1080. The molecule has 176 valence electrons. The number of rotatable bonds is 9. The summed E-state index contributed by atoms with van der Waals surface area (Å²) in [5.74, 6) is -1.02. The Morgan fingerprint density at radius 1 is 0.971 bits per heavy atom. The Morgan fingerprint density at radius 3 is 2.35 bits per heavy atom. The molecule has 8 heteroatoms. The molecule has 2 atom stereocenters. The number of anilines is 1. The van der Waals surface area contributed by atoms with Crippen LogP contribution < -0.4 is 15.5 Å². The Kier molecular flexibility index (Phi) is 8.06. The van der Waals surface area contributed by atoms with E-state index in [0.717, 1.165) is 12.8 Å². The number of amides is 3. The van der Waals surface area contributed by atoms with Crippen LogP contribution in [0.5, 0.6) is 0 Å². The third kappa shape index (κ3) is 5.89. The van der Waals surface area contributed by atoms with Crippen molar-refractivity contribution in [3.63, 3.8) is 0 Å². The highest BCUT2D eigenvalue weighted by Crippen LogP contribution is 2.28. The molecule has 34 heavy (non-hydrogen) atoms. The molecule has 1 saturated heterocycles. The van der Waals surface area contributed by atoms with Crippen LogP contribution in [-0.4, -0.2) is 43.5 Å². The Balaban J connectivity index is 1.60. The first-order chi connectivity index (χ1) is 16.6. The fourth-order valence-corrected chi connectivity index (χ4v) is 4.57. The molecule has 3 aromatic rings. The third-order valence-corrected chi connectivity index (χ3v) is 6.47. The van der Waals surface area contributed by atoms with Crippen LogP contribution in [0.1, 0.15) is 34.1 Å². The van der Waals surface area contributed by atoms with Gasteiger partial charge < -0.3 is 15.4 Å². The molecule has 0 spiro atoms. The molecule has 2 N–H and O–H groups in total. The lowest BCUT2D eigenvalue weighted by atomic mass is 10.0. The molecule has 0 radical (unpaired) electrons. The van der Waals surface area contributed by atoms with Crippen molar-refractivity contribution in [2.75, 3.05) is 24.6 Å². The molecular weight excluding hydrogens is 450 g/mol. The van der Waals surface area contributed by atoms with Gasteiger partial charge in [0.15, 0.2) is 0 Å². The topological polar surface area (TPSA) is 87.7 Å². The van der Waals surface area contributed by atoms with Gasteiger partial charge in [0.2, 0.25) is 11.8 Å². The zero-order chi connectivity index (χ0) is 23.8. The zero-order valence-electron chi connectivity index (χ0n) is 18.7. The monoisotopic (exact) mass is 477 g/mol. The van der Waals surface area contributed by atoms with Crippen LogP contribution in [-0.2, 0) is 14.3 Å². The summed E-state index contributed by atoms with van der Waals surface area (Å²) in [5, 5.41) is 7.46. The van der Waals surface area contributed by atoms with Gasteiger partial charge in [-0.1, -0.05) is 54.6 Å². The van der Waals surface area contributed by atoms with E-state index in [0.29, 0.717) is 29.3 Å². The van der Waals surface area contributed by atoms with Crippen molar-refractivity contribution in [1.82, 2.24) is 10.6 Å². The number of para-hydroxylation sites is 1. The van der Waals surface area contributed by atoms with Gasteiger partial charge in [-0.25, -0.2) is 0 Å². The number of hydrogen-bond acceptors (Lipinski definition) is 5. The molecule has 2 aromatic carbocycles. The molecule has 4 rings (SSSR count). The van der Waals surface area contributed by atoms with Crippen LogP contribution in [0.25, 0.3) is 0 Å². The number of hydrogen-bond donors (Lipinski definition) is 2. The Morgan fingerprint density at radius 2 is 1.71 bits per heavy atom. The fraction of sp³-hybridized carbons (Fsp3) is 0.269. The first kappa shape index (κ1) is 23.7. The molecule has 0 aliphatic carbocycles. The van der Waals surface area contributed by atoms with Gasteiger partial charge in [-0.15, -0.1) is 11.3 Å². The first-order valence-corrected chi connectivity index (χ1v) is 12.1. The zero-order valence-corrected chi connectivity index (χ0v) is 19.5. The number of carbonyl (C=O) groups is 3. The maximum absolute atomic E-state index is 13.5. The third-order valence-electron chi connectivity index (χ3n) is 5.60. The number of carbonyl (C=O) groups excluding carboxylic acids is 3. The number of benzene rings is 2. The van der Waals surface area contributed by atoms with Crippen LogP contribution in [0.3, 0.4) is 0 Å². The molecule has 1 aliphatic heterocycles. The Hall–Kier alpha value is -3.49. The van der Waals surface area contributed by atoms with E-state index >= 15 is 0 Å². The van der Waals surface area contributed by atoms with Crippen LogP contribution in [0, 0.1) is 0 Å². The average molecular weight is 478 g/mol. The minimum atomic E-state index is -0.906. The summed E-state index contributed by atoms with van der Waals surface area (Å²) in [6.45, 7) is 0.837. The molecule has 1 aliphatic rings. The lowest BCUT2D eigenvalue weighted by Crippen LogP contribution is -2.48. The number of thiophene rings is 1. The average Bonchev–Trinajstić information content (AvgIpc) is 3.60. The summed E-state index contributed by atoms with van der Waals surface area (Å²) < 4.78 is 5.64. The molecule has 0 bridgehead atoms. The van der Waals surface area contributed by atoms with Gasteiger partial charge in [-0.05, 0) is 42.0 Å². The van der Waals surface area contributed by atoms with Crippen LogP contribution in [0.4, 0.5) is 5.69 Å². The number of nitrogens with zero attached hydrogens (tertiary/aromatic N) is 1. The fourth-order valence-electron chi connectivity index (χ4n) is 3.93. The van der Waals surface area contributed by atoms with Crippen molar-refractivity contribution in [1.29, 1.82) is 0 Å². The number of nitrogens with one attached hydrogen (secondary N) is 2. The van der Waals surface area contributed by atoms with Gasteiger partial charge in [0.1, 0.15) is 6.04 Å². The largest absolute Gasteiger partial charge is 0.376 e. The summed E-state index contributed by atoms with van der Waals surface area (Å²) >= 11 is 1.30. The summed E-state index contributed by atoms with van der Waals surface area (Å²) in [6, 6.07) is 20.8. The van der Waals surface area contributed by atoms with Crippen LogP contribution >= 0.6 is 11.3 Å². The Labute approximate surface area is 202 Å². The predicted molar refractivity (Wildman–Crippen MR) is 132 cm³/mol. The maximum atomic E-state index is 13.5. The van der Waals surface area contributed by atoms with Crippen molar-refractivity contribution in [3.8, 4) is 0 Å². The van der Waals surface area contributed by atoms with E-state index in [-0.39, 0.29) is 24.5 Å². The van der Waals surface area contributed by atoms with Crippen molar-refractivity contribution in [2.45, 2.75) is 25.0 Å². The van der Waals surface area contributed by atoms with Gasteiger partial charge in [-0.2, -0.15) is 0 Å². The highest BCUT2D eigenvalue weighted by atomic mass is 32.1. The number of ether oxygens (including phenoxy) is 1. The van der Waals surface area contributed by atoms with Gasteiger partial charge >= 0.3 is 0 Å². The van der Waals surface area contributed by atoms with Crippen LogP contribution in [0.2, 0.25) is 0 Å². The molecule has 2 heterocycles. The summed E-state index contributed by atoms with van der Waals surface area (Å²) in [4.78, 5) is 41.4. The van der Waals surface area contributed by atoms with Crippen LogP contribution in [0.15, 0.2) is 78.2 Å². The first-order valence-electron chi connectivity index (χ1n) is 11.3. The standard InChI is InChI=1S/C26H27N3O4S/c30-23(18-28-25(31)22-14-8-16-34-22)29(20-11-5-2-6-12-20)24(19-9-3-1-4-10-19)26(32)27-17-21-13-7-15-33-21/h1-6,8-12,14,16,21,24H,7,13,15,17-18H2,(H,27,32)(H,28,31)/t21-,24-/m0/s1. The second-order valence-electron chi connectivity index (χ2n) is 7.95. The summed E-state index contributed by atoms with van der Waals surface area (Å²) in [5.41, 5.74) is 1.24. The maximum Gasteiger partial charge on any atom is 0.261 e. The predicted octanol–water partition coefficient (Wildman–Crippen LogP) is 3.55. The molecule has 3 amide bonds. The normalized spacial score (nSPS) is 15.9. The molecular formula is C26H27N3O4S. The van der Waals surface area contributed by atoms with Crippen molar-refractivity contribution in [2.24, 2.45) is 0 Å². The van der Waals surface area contributed by atoms with E-state index in [1.165, 1.54) is 16.2 Å². The van der Waals surface area contributed by atoms with Gasteiger partial charge in [0.05, 0.1) is 17.5 Å². The van der Waals surface area contributed by atoms with Gasteiger partial charge in [0.25, 0.3) is 5.91 Å². The van der Waals surface area contributed by atoms with E-state index in [1.807, 2.05) is 48.5 Å². The molecule has 1 aromatic heterocycles. The quantitative estimate of drug-likeness (QED) is 0.493.